The second-order valence-electron chi connectivity index (χ2n) is 11.5. The summed E-state index contributed by atoms with van der Waals surface area (Å²) in [5.41, 5.74) is 4.00. The maximum absolute atomic E-state index is 13.7. The number of anilines is 2. The van der Waals surface area contributed by atoms with Crippen molar-refractivity contribution in [2.45, 2.75) is 64.4 Å². The molecule has 1 saturated heterocycles. The molecule has 2 aromatic carbocycles. The van der Waals surface area contributed by atoms with E-state index in [2.05, 4.69) is 25.3 Å². The van der Waals surface area contributed by atoms with Crippen molar-refractivity contribution in [2.24, 2.45) is 0 Å². The molecule has 0 aliphatic carbocycles. The van der Waals surface area contributed by atoms with Gasteiger partial charge in [-0.05, 0) is 64.8 Å². The average Bonchev–Trinajstić information content (AvgIpc) is 3.34. The van der Waals surface area contributed by atoms with Gasteiger partial charge in [0.25, 0.3) is 5.56 Å². The zero-order chi connectivity index (χ0) is 32.7. The molecule has 2 aromatic heterocycles. The van der Waals surface area contributed by atoms with Gasteiger partial charge in [0.2, 0.25) is 11.8 Å². The third kappa shape index (κ3) is 6.81. The fourth-order valence-corrected chi connectivity index (χ4v) is 4.96. The number of carbonyl (C=O) groups excluding carboxylic acids is 2. The normalized spacial score (nSPS) is 16.9. The number of likely N-dealkylation sites (tertiary alicyclic amines) is 1. The van der Waals surface area contributed by atoms with Crippen molar-refractivity contribution in [3.63, 3.8) is 0 Å². The first-order valence-corrected chi connectivity index (χ1v) is 13.9. The third-order valence-electron chi connectivity index (χ3n) is 7.02. The van der Waals surface area contributed by atoms with Gasteiger partial charge in [-0.2, -0.15) is 13.2 Å². The summed E-state index contributed by atoms with van der Waals surface area (Å²) in [6, 6.07) is 7.71. The molecular formula is C30H30F3N7O5. The van der Waals surface area contributed by atoms with Gasteiger partial charge in [-0.25, -0.2) is 19.7 Å². The van der Waals surface area contributed by atoms with Crippen LogP contribution in [0.25, 0.3) is 22.3 Å². The molecular weight excluding hydrogens is 595 g/mol. The van der Waals surface area contributed by atoms with Gasteiger partial charge in [-0.1, -0.05) is 12.1 Å². The molecule has 4 N–H and O–H groups in total. The van der Waals surface area contributed by atoms with Gasteiger partial charge in [0.15, 0.2) is 11.6 Å². The zero-order valence-corrected chi connectivity index (χ0v) is 24.7. The molecule has 0 radical (unpaired) electrons. The molecule has 0 bridgehead atoms. The summed E-state index contributed by atoms with van der Waals surface area (Å²) in [6.07, 6.45) is -3.45. The Morgan fingerprint density at radius 2 is 1.84 bits per heavy atom. The van der Waals surface area contributed by atoms with Crippen molar-refractivity contribution in [1.29, 1.82) is 0 Å². The Morgan fingerprint density at radius 1 is 1.09 bits per heavy atom. The standard InChI is InChI=1S/C30H30F3N7O5/c1-15-8-11-21(40(15)28(43)45-29(2,3)4)26(41)38-20-12-16(30(31,32)33)9-10-17(20)19-13-23(36-14-35-19)44-22-7-5-6-18-24(22)39-25(34)27(42)37-18/h5-7,9-10,12-15,21H,8,11H2,1-4H3,(H2,34,39)(H,37,42)(H,38,41)/t15?,21-/m0/s1. The van der Waals surface area contributed by atoms with E-state index in [0.717, 1.165) is 18.5 Å². The van der Waals surface area contributed by atoms with Crippen LogP contribution in [0.15, 0.2) is 53.6 Å². The number of para-hydroxylation sites is 1. The van der Waals surface area contributed by atoms with Crippen LogP contribution in [-0.4, -0.2) is 54.5 Å². The number of hydrogen-bond donors (Lipinski definition) is 3. The van der Waals surface area contributed by atoms with E-state index in [0.29, 0.717) is 18.4 Å². The first kappa shape index (κ1) is 31.2. The molecule has 3 heterocycles. The lowest BCUT2D eigenvalue weighted by Crippen LogP contribution is -2.48. The molecule has 1 unspecified atom stereocenters. The second kappa shape index (κ2) is 11.7. The number of benzene rings is 2. The Bertz CT molecular complexity index is 1840. The number of aromatic nitrogens is 4. The van der Waals surface area contributed by atoms with Crippen LogP contribution in [-0.2, 0) is 15.7 Å². The first-order chi connectivity index (χ1) is 21.1. The number of ether oxygens (including phenoxy) is 2. The fourth-order valence-electron chi connectivity index (χ4n) is 4.96. The number of nitrogens with one attached hydrogen (secondary N) is 2. The second-order valence-corrected chi connectivity index (χ2v) is 11.5. The summed E-state index contributed by atoms with van der Waals surface area (Å²) in [5.74, 6) is -0.755. The van der Waals surface area contributed by atoms with Crippen molar-refractivity contribution in [3.8, 4) is 22.9 Å². The van der Waals surface area contributed by atoms with Gasteiger partial charge < -0.3 is 25.5 Å². The van der Waals surface area contributed by atoms with E-state index >= 15 is 0 Å². The van der Waals surface area contributed by atoms with Crippen LogP contribution in [0.1, 0.15) is 46.1 Å². The van der Waals surface area contributed by atoms with E-state index in [1.165, 1.54) is 17.0 Å². The maximum Gasteiger partial charge on any atom is 0.416 e. The van der Waals surface area contributed by atoms with Crippen molar-refractivity contribution in [1.82, 2.24) is 24.8 Å². The van der Waals surface area contributed by atoms with Crippen molar-refractivity contribution in [2.75, 3.05) is 11.1 Å². The minimum absolute atomic E-state index is 0.00281. The van der Waals surface area contributed by atoms with E-state index in [9.17, 15) is 27.6 Å². The van der Waals surface area contributed by atoms with Crippen LogP contribution >= 0.6 is 0 Å². The Balaban J connectivity index is 1.48. The third-order valence-corrected chi connectivity index (χ3v) is 7.02. The average molecular weight is 626 g/mol. The van der Waals surface area contributed by atoms with E-state index in [1.807, 2.05) is 0 Å². The number of nitrogen functional groups attached to an aromatic ring is 1. The predicted octanol–water partition coefficient (Wildman–Crippen LogP) is 5.50. The largest absolute Gasteiger partial charge is 0.444 e. The van der Waals surface area contributed by atoms with Crippen LogP contribution in [0.2, 0.25) is 0 Å². The molecule has 15 heteroatoms. The Kier molecular flexibility index (Phi) is 8.12. The minimum atomic E-state index is -4.70. The minimum Gasteiger partial charge on any atom is -0.444 e. The number of alkyl halides is 3. The van der Waals surface area contributed by atoms with E-state index < -0.39 is 40.9 Å². The van der Waals surface area contributed by atoms with Crippen LogP contribution in [0, 0.1) is 0 Å². The van der Waals surface area contributed by atoms with Gasteiger partial charge >= 0.3 is 12.3 Å². The first-order valence-electron chi connectivity index (χ1n) is 13.9. The van der Waals surface area contributed by atoms with E-state index in [1.54, 1.807) is 45.9 Å². The number of rotatable bonds is 5. The molecule has 236 valence electrons. The van der Waals surface area contributed by atoms with Gasteiger partial charge in [-0.3, -0.25) is 14.5 Å². The highest BCUT2D eigenvalue weighted by Gasteiger charge is 2.41. The molecule has 1 aliphatic heterocycles. The number of H-pyrrole nitrogens is 1. The van der Waals surface area contributed by atoms with Crippen LogP contribution < -0.4 is 21.3 Å². The number of nitrogens with two attached hydrogens (primary N) is 1. The molecule has 0 spiro atoms. The smallest absolute Gasteiger partial charge is 0.416 e. The van der Waals surface area contributed by atoms with Crippen molar-refractivity contribution < 1.29 is 32.2 Å². The van der Waals surface area contributed by atoms with E-state index in [-0.39, 0.29) is 46.0 Å². The van der Waals surface area contributed by atoms with E-state index in [4.69, 9.17) is 15.2 Å². The summed E-state index contributed by atoms with van der Waals surface area (Å²) in [7, 11) is 0. The summed E-state index contributed by atoms with van der Waals surface area (Å²) in [6.45, 7) is 6.86. The molecule has 4 aromatic rings. The summed E-state index contributed by atoms with van der Waals surface area (Å²) in [4.78, 5) is 54.6. The molecule has 45 heavy (non-hydrogen) atoms. The Hall–Kier alpha value is -5.21. The topological polar surface area (TPSA) is 165 Å². The SMILES string of the molecule is CC1CC[C@@H](C(=O)Nc2cc(C(F)(F)F)ccc2-c2cc(Oc3cccc4[nH]c(=O)c(N)nc34)ncn2)N1C(=O)OC(C)(C)C. The van der Waals surface area contributed by atoms with Gasteiger partial charge in [0.05, 0.1) is 22.5 Å². The highest BCUT2D eigenvalue weighted by atomic mass is 19.4. The molecule has 2 atom stereocenters. The maximum atomic E-state index is 13.7. The number of fused-ring (bicyclic) bond motifs is 1. The predicted molar refractivity (Wildman–Crippen MR) is 159 cm³/mol. The Labute approximate surface area is 254 Å². The van der Waals surface area contributed by atoms with Crippen LogP contribution in [0.4, 0.5) is 29.5 Å². The fraction of sp³-hybridized carbons (Fsp3) is 0.333. The zero-order valence-electron chi connectivity index (χ0n) is 24.7. The molecule has 12 nitrogen and oxygen atoms in total. The molecule has 5 rings (SSSR count). The lowest BCUT2D eigenvalue weighted by molar-refractivity contribution is -0.137. The number of carbonyl (C=O) groups is 2. The monoisotopic (exact) mass is 625 g/mol. The summed E-state index contributed by atoms with van der Waals surface area (Å²) < 4.78 is 52.6. The molecule has 1 fully saturated rings. The highest BCUT2D eigenvalue weighted by molar-refractivity contribution is 6.00. The van der Waals surface area contributed by atoms with Crippen LogP contribution in [0.3, 0.4) is 0 Å². The van der Waals surface area contributed by atoms with Gasteiger partial charge in [0.1, 0.15) is 23.5 Å². The summed E-state index contributed by atoms with van der Waals surface area (Å²) in [5, 5.41) is 2.59. The van der Waals surface area contributed by atoms with Crippen molar-refractivity contribution in [3.05, 3.63) is 64.7 Å². The molecule has 2 amide bonds. The number of hydrogen-bond acceptors (Lipinski definition) is 9. The quantitative estimate of drug-likeness (QED) is 0.260. The Morgan fingerprint density at radius 3 is 2.56 bits per heavy atom. The van der Waals surface area contributed by atoms with Gasteiger partial charge in [-0.15, -0.1) is 0 Å². The number of aromatic amines is 1. The lowest BCUT2D eigenvalue weighted by Gasteiger charge is -2.31. The lowest BCUT2D eigenvalue weighted by atomic mass is 10.0. The molecule has 1 aliphatic rings. The number of halogens is 3. The van der Waals surface area contributed by atoms with Gasteiger partial charge in [0, 0.05) is 17.7 Å². The highest BCUT2D eigenvalue weighted by Crippen LogP contribution is 2.37. The summed E-state index contributed by atoms with van der Waals surface area (Å²) >= 11 is 0. The van der Waals surface area contributed by atoms with Crippen LogP contribution in [0.5, 0.6) is 11.6 Å². The number of amides is 2. The van der Waals surface area contributed by atoms with Crippen molar-refractivity contribution >= 4 is 34.5 Å². The molecule has 0 saturated carbocycles. The number of nitrogens with zero attached hydrogens (tertiary/aromatic N) is 4.